The highest BCUT2D eigenvalue weighted by Crippen LogP contribution is 2.25. The molecule has 1 aromatic heterocycles. The first-order valence-electron chi connectivity index (χ1n) is 6.20. The Morgan fingerprint density at radius 1 is 1.20 bits per heavy atom. The fourth-order valence-corrected chi connectivity index (χ4v) is 1.75. The zero-order chi connectivity index (χ0) is 14.5. The van der Waals surface area contributed by atoms with Crippen molar-refractivity contribution < 1.29 is 14.7 Å². The minimum Gasteiger partial charge on any atom is -0.478 e. The van der Waals surface area contributed by atoms with E-state index in [1.165, 1.54) is 12.1 Å². The standard InChI is InChI=1S/C15H14N2O3/c1-2-13(18)17-12-4-3-9-16-14(12)10-5-7-11(8-6-10)15(19)20/h3-9H,2H2,1H3,(H,17,18)(H,19,20). The Morgan fingerprint density at radius 3 is 2.50 bits per heavy atom. The molecule has 0 unspecified atom stereocenters. The third kappa shape index (κ3) is 3.00. The average Bonchev–Trinajstić information content (AvgIpc) is 2.48. The van der Waals surface area contributed by atoms with E-state index in [0.29, 0.717) is 17.8 Å². The van der Waals surface area contributed by atoms with E-state index in [1.807, 2.05) is 0 Å². The number of anilines is 1. The molecule has 20 heavy (non-hydrogen) atoms. The van der Waals surface area contributed by atoms with Gasteiger partial charge in [0.1, 0.15) is 0 Å². The minimum absolute atomic E-state index is 0.0959. The lowest BCUT2D eigenvalue weighted by Crippen LogP contribution is -2.10. The van der Waals surface area contributed by atoms with Crippen LogP contribution in [0.3, 0.4) is 0 Å². The van der Waals surface area contributed by atoms with Crippen molar-refractivity contribution in [2.75, 3.05) is 5.32 Å². The Labute approximate surface area is 116 Å². The molecule has 2 rings (SSSR count). The number of pyridine rings is 1. The number of rotatable bonds is 4. The van der Waals surface area contributed by atoms with Crippen molar-refractivity contribution in [1.29, 1.82) is 0 Å². The monoisotopic (exact) mass is 270 g/mol. The zero-order valence-corrected chi connectivity index (χ0v) is 11.0. The number of carbonyl (C=O) groups excluding carboxylic acids is 1. The number of aromatic nitrogens is 1. The van der Waals surface area contributed by atoms with Crippen molar-refractivity contribution >= 4 is 17.6 Å². The van der Waals surface area contributed by atoms with Crippen molar-refractivity contribution in [2.24, 2.45) is 0 Å². The van der Waals surface area contributed by atoms with E-state index in [2.05, 4.69) is 10.3 Å². The van der Waals surface area contributed by atoms with Gasteiger partial charge in [-0.05, 0) is 24.3 Å². The van der Waals surface area contributed by atoms with Crippen LogP contribution in [0, 0.1) is 0 Å². The highest BCUT2D eigenvalue weighted by Gasteiger charge is 2.09. The van der Waals surface area contributed by atoms with Crippen LogP contribution >= 0.6 is 0 Å². The van der Waals surface area contributed by atoms with Crippen molar-refractivity contribution in [3.8, 4) is 11.3 Å². The molecule has 0 spiro atoms. The van der Waals surface area contributed by atoms with Crippen molar-refractivity contribution in [3.05, 3.63) is 48.2 Å². The summed E-state index contributed by atoms with van der Waals surface area (Å²) in [6.45, 7) is 1.77. The summed E-state index contributed by atoms with van der Waals surface area (Å²) in [4.78, 5) is 26.6. The molecule has 0 aliphatic rings. The van der Waals surface area contributed by atoms with E-state index in [0.717, 1.165) is 5.56 Å². The van der Waals surface area contributed by atoms with E-state index in [9.17, 15) is 9.59 Å². The van der Waals surface area contributed by atoms with Gasteiger partial charge < -0.3 is 10.4 Å². The molecule has 1 amide bonds. The van der Waals surface area contributed by atoms with Gasteiger partial charge in [0.2, 0.25) is 5.91 Å². The maximum atomic E-state index is 11.5. The highest BCUT2D eigenvalue weighted by molar-refractivity contribution is 5.94. The Balaban J connectivity index is 2.37. The lowest BCUT2D eigenvalue weighted by atomic mass is 10.1. The second-order valence-corrected chi connectivity index (χ2v) is 4.18. The van der Waals surface area contributed by atoms with Crippen LogP contribution in [0.2, 0.25) is 0 Å². The summed E-state index contributed by atoms with van der Waals surface area (Å²) in [7, 11) is 0. The fourth-order valence-electron chi connectivity index (χ4n) is 1.75. The van der Waals surface area contributed by atoms with E-state index < -0.39 is 5.97 Å². The van der Waals surface area contributed by atoms with Crippen LogP contribution in [0.15, 0.2) is 42.6 Å². The second-order valence-electron chi connectivity index (χ2n) is 4.18. The molecule has 1 aromatic carbocycles. The SMILES string of the molecule is CCC(=O)Nc1cccnc1-c1ccc(C(=O)O)cc1. The third-order valence-electron chi connectivity index (χ3n) is 2.81. The molecular weight excluding hydrogens is 256 g/mol. The maximum Gasteiger partial charge on any atom is 0.335 e. The molecule has 102 valence electrons. The van der Waals surface area contributed by atoms with Crippen LogP contribution in [0.4, 0.5) is 5.69 Å². The lowest BCUT2D eigenvalue weighted by Gasteiger charge is -2.09. The number of amides is 1. The minimum atomic E-state index is -0.975. The van der Waals surface area contributed by atoms with Gasteiger partial charge >= 0.3 is 5.97 Å². The molecule has 0 fully saturated rings. The van der Waals surface area contributed by atoms with Crippen molar-refractivity contribution in [3.63, 3.8) is 0 Å². The first-order chi connectivity index (χ1) is 9.61. The molecular formula is C15H14N2O3. The largest absolute Gasteiger partial charge is 0.478 e. The molecule has 0 saturated heterocycles. The number of benzene rings is 1. The van der Waals surface area contributed by atoms with Gasteiger partial charge in [-0.3, -0.25) is 9.78 Å². The molecule has 2 N–H and O–H groups in total. The summed E-state index contributed by atoms with van der Waals surface area (Å²) >= 11 is 0. The predicted octanol–water partition coefficient (Wildman–Crippen LogP) is 2.80. The Hall–Kier alpha value is -2.69. The number of hydrogen-bond donors (Lipinski definition) is 2. The van der Waals surface area contributed by atoms with Crippen LogP contribution < -0.4 is 5.32 Å². The van der Waals surface area contributed by atoms with Gasteiger partial charge in [-0.2, -0.15) is 0 Å². The molecule has 0 bridgehead atoms. The number of carboxylic acids is 1. The summed E-state index contributed by atoms with van der Waals surface area (Å²) in [6, 6.07) is 9.87. The van der Waals surface area contributed by atoms with Crippen molar-refractivity contribution in [2.45, 2.75) is 13.3 Å². The van der Waals surface area contributed by atoms with Gasteiger partial charge in [0, 0.05) is 18.2 Å². The summed E-state index contributed by atoms with van der Waals surface area (Å²) in [5.74, 6) is -1.07. The first kappa shape index (κ1) is 13.7. The molecule has 0 atom stereocenters. The van der Waals surface area contributed by atoms with Gasteiger partial charge in [0.15, 0.2) is 0 Å². The summed E-state index contributed by atoms with van der Waals surface area (Å²) in [5, 5.41) is 11.7. The Morgan fingerprint density at radius 2 is 1.90 bits per heavy atom. The van der Waals surface area contributed by atoms with Gasteiger partial charge in [0.25, 0.3) is 0 Å². The summed E-state index contributed by atoms with van der Waals surface area (Å²) in [5.41, 5.74) is 2.19. The topological polar surface area (TPSA) is 79.3 Å². The number of nitrogens with zero attached hydrogens (tertiary/aromatic N) is 1. The van der Waals surface area contributed by atoms with E-state index in [-0.39, 0.29) is 11.5 Å². The normalized spacial score (nSPS) is 10.1. The average molecular weight is 270 g/mol. The van der Waals surface area contributed by atoms with Crippen LogP contribution in [-0.4, -0.2) is 22.0 Å². The lowest BCUT2D eigenvalue weighted by molar-refractivity contribution is -0.115. The second kappa shape index (κ2) is 5.97. The Bertz CT molecular complexity index is 636. The molecule has 0 aliphatic heterocycles. The van der Waals surface area contributed by atoms with Crippen LogP contribution in [0.5, 0.6) is 0 Å². The number of aromatic carboxylic acids is 1. The first-order valence-corrected chi connectivity index (χ1v) is 6.20. The smallest absolute Gasteiger partial charge is 0.335 e. The quantitative estimate of drug-likeness (QED) is 0.895. The van der Waals surface area contributed by atoms with Gasteiger partial charge in [-0.1, -0.05) is 19.1 Å². The molecule has 2 aromatic rings. The van der Waals surface area contributed by atoms with Gasteiger partial charge in [-0.25, -0.2) is 4.79 Å². The Kier molecular flexibility index (Phi) is 4.10. The fraction of sp³-hybridized carbons (Fsp3) is 0.133. The van der Waals surface area contributed by atoms with Crippen molar-refractivity contribution in [1.82, 2.24) is 4.98 Å². The van der Waals surface area contributed by atoms with E-state index in [4.69, 9.17) is 5.11 Å². The summed E-state index contributed by atoms with van der Waals surface area (Å²) in [6.07, 6.45) is 2.01. The van der Waals surface area contributed by atoms with Crippen LogP contribution in [0.1, 0.15) is 23.7 Å². The number of nitrogens with one attached hydrogen (secondary N) is 1. The number of carbonyl (C=O) groups is 2. The number of hydrogen-bond acceptors (Lipinski definition) is 3. The zero-order valence-electron chi connectivity index (χ0n) is 11.0. The molecule has 0 radical (unpaired) electrons. The highest BCUT2D eigenvalue weighted by atomic mass is 16.4. The van der Waals surface area contributed by atoms with Crippen LogP contribution in [0.25, 0.3) is 11.3 Å². The molecule has 0 aliphatic carbocycles. The maximum absolute atomic E-state index is 11.5. The molecule has 5 nitrogen and oxygen atoms in total. The van der Waals surface area contributed by atoms with Crippen LogP contribution in [-0.2, 0) is 4.79 Å². The molecule has 1 heterocycles. The number of carboxylic acid groups (broad SMARTS) is 1. The van der Waals surface area contributed by atoms with Gasteiger partial charge in [0.05, 0.1) is 16.9 Å². The van der Waals surface area contributed by atoms with Gasteiger partial charge in [-0.15, -0.1) is 0 Å². The molecule has 5 heteroatoms. The third-order valence-corrected chi connectivity index (χ3v) is 2.81. The van der Waals surface area contributed by atoms with E-state index in [1.54, 1.807) is 37.4 Å². The summed E-state index contributed by atoms with van der Waals surface area (Å²) < 4.78 is 0. The van der Waals surface area contributed by atoms with E-state index >= 15 is 0 Å². The molecule has 0 saturated carbocycles. The predicted molar refractivity (Wildman–Crippen MR) is 75.6 cm³/mol.